The van der Waals surface area contributed by atoms with Crippen molar-refractivity contribution >= 4 is 45.7 Å². The second kappa shape index (κ2) is 4.92. The molecule has 1 aromatic heterocycles. The Morgan fingerprint density at radius 2 is 2.29 bits per heavy atom. The van der Waals surface area contributed by atoms with Gasteiger partial charge in [0.25, 0.3) is 0 Å². The topological polar surface area (TPSA) is 37.8 Å². The Morgan fingerprint density at radius 1 is 1.59 bits per heavy atom. The monoisotopic (exact) mass is 288 g/mol. The normalized spacial score (nSPS) is 15.0. The average Bonchev–Trinajstić information content (AvgIpc) is 2.55. The molecule has 0 saturated carbocycles. The third-order valence-corrected chi connectivity index (χ3v) is 4.58. The number of hydrogen-bond donors (Lipinski definition) is 1. The number of halogens is 1. The predicted molar refractivity (Wildman–Crippen MR) is 75.7 cm³/mol. The first-order valence-electron chi connectivity index (χ1n) is 5.19. The second-order valence-corrected chi connectivity index (χ2v) is 6.64. The molecule has 0 aliphatic rings. The number of nitrogens with zero attached hydrogens (tertiary/aromatic N) is 1. The van der Waals surface area contributed by atoms with Gasteiger partial charge < -0.3 is 9.55 Å². The minimum atomic E-state index is -0.865. The summed E-state index contributed by atoms with van der Waals surface area (Å²) >= 11 is 11.2. The molecule has 2 aromatic rings. The van der Waals surface area contributed by atoms with Crippen molar-refractivity contribution in [3.8, 4) is 0 Å². The molecule has 0 aliphatic heterocycles. The van der Waals surface area contributed by atoms with Crippen molar-refractivity contribution in [1.82, 2.24) is 9.55 Å². The van der Waals surface area contributed by atoms with E-state index in [0.717, 1.165) is 11.0 Å². The Bertz CT molecular complexity index is 632. The van der Waals surface area contributed by atoms with E-state index in [0.29, 0.717) is 16.3 Å². The molecule has 0 bridgehead atoms. The van der Waals surface area contributed by atoms with Crippen LogP contribution in [0.1, 0.15) is 6.92 Å². The molecule has 92 valence electrons. The van der Waals surface area contributed by atoms with Crippen molar-refractivity contribution in [1.29, 1.82) is 0 Å². The smallest absolute Gasteiger partial charge is 0.178 e. The van der Waals surface area contributed by atoms with Crippen molar-refractivity contribution < 1.29 is 4.21 Å². The number of rotatable bonds is 3. The third kappa shape index (κ3) is 2.61. The van der Waals surface area contributed by atoms with Crippen molar-refractivity contribution in [2.45, 2.75) is 18.7 Å². The van der Waals surface area contributed by atoms with E-state index in [1.165, 1.54) is 0 Å². The fraction of sp³-hybridized carbons (Fsp3) is 0.364. The molecule has 2 rings (SSSR count). The highest BCUT2D eigenvalue weighted by Gasteiger charge is 2.11. The van der Waals surface area contributed by atoms with Crippen molar-refractivity contribution in [2.75, 3.05) is 6.26 Å². The molecular formula is C11H13ClN2OS2. The Kier molecular flexibility index (Phi) is 3.70. The zero-order chi connectivity index (χ0) is 12.6. The summed E-state index contributed by atoms with van der Waals surface area (Å²) < 4.78 is 14.0. The van der Waals surface area contributed by atoms with Gasteiger partial charge in [0.15, 0.2) is 4.77 Å². The fourth-order valence-electron chi connectivity index (χ4n) is 1.67. The highest BCUT2D eigenvalue weighted by atomic mass is 35.5. The lowest BCUT2D eigenvalue weighted by molar-refractivity contribution is 0.647. The lowest BCUT2D eigenvalue weighted by atomic mass is 10.3. The first-order chi connectivity index (χ1) is 7.99. The Morgan fingerprint density at radius 3 is 2.94 bits per heavy atom. The molecule has 1 heterocycles. The van der Waals surface area contributed by atoms with E-state index in [1.807, 2.05) is 29.7 Å². The molecule has 17 heavy (non-hydrogen) atoms. The van der Waals surface area contributed by atoms with E-state index in [2.05, 4.69) is 4.98 Å². The zero-order valence-electron chi connectivity index (χ0n) is 9.57. The molecule has 2 atom stereocenters. The Balaban J connectivity index is 2.52. The number of imidazole rings is 1. The third-order valence-electron chi connectivity index (χ3n) is 2.74. The van der Waals surface area contributed by atoms with Gasteiger partial charge in [0.2, 0.25) is 0 Å². The zero-order valence-corrected chi connectivity index (χ0v) is 12.0. The molecule has 3 nitrogen and oxygen atoms in total. The number of aromatic nitrogens is 2. The molecule has 0 saturated heterocycles. The maximum absolute atomic E-state index is 11.4. The van der Waals surface area contributed by atoms with Gasteiger partial charge in [-0.15, -0.1) is 0 Å². The number of fused-ring (bicyclic) bond motifs is 1. The molecule has 0 fully saturated rings. The van der Waals surface area contributed by atoms with Crippen LogP contribution in [0, 0.1) is 4.77 Å². The summed E-state index contributed by atoms with van der Waals surface area (Å²) in [4.78, 5) is 3.12. The van der Waals surface area contributed by atoms with Crippen LogP contribution in [-0.2, 0) is 17.3 Å². The summed E-state index contributed by atoms with van der Waals surface area (Å²) in [6.45, 7) is 2.57. The lowest BCUT2D eigenvalue weighted by Crippen LogP contribution is -2.17. The van der Waals surface area contributed by atoms with Gasteiger partial charge in [0, 0.05) is 33.9 Å². The summed E-state index contributed by atoms with van der Waals surface area (Å²) in [5, 5.41) is 0.727. The Labute approximate surface area is 112 Å². The van der Waals surface area contributed by atoms with Gasteiger partial charge in [-0.05, 0) is 37.3 Å². The summed E-state index contributed by atoms with van der Waals surface area (Å²) in [5.41, 5.74) is 1.91. The maximum atomic E-state index is 11.4. The number of benzene rings is 1. The molecule has 1 N–H and O–H groups in total. The van der Waals surface area contributed by atoms with E-state index in [1.54, 1.807) is 6.26 Å². The van der Waals surface area contributed by atoms with Gasteiger partial charge in [0.1, 0.15) is 0 Å². The standard InChI is InChI=1S/C11H13ClN2OS2/c1-7(17(2)15)6-14-10-5-8(12)3-4-9(10)13-11(14)16/h3-5,7H,6H2,1-2H3,(H,13,16). The fourth-order valence-corrected chi connectivity index (χ4v) is 2.48. The van der Waals surface area contributed by atoms with Crippen LogP contribution in [0.5, 0.6) is 0 Å². The Hall–Kier alpha value is -0.650. The lowest BCUT2D eigenvalue weighted by Gasteiger charge is -2.10. The van der Waals surface area contributed by atoms with Crippen LogP contribution < -0.4 is 0 Å². The van der Waals surface area contributed by atoms with Crippen molar-refractivity contribution in [3.05, 3.63) is 28.0 Å². The van der Waals surface area contributed by atoms with Crippen molar-refractivity contribution in [3.63, 3.8) is 0 Å². The van der Waals surface area contributed by atoms with Crippen LogP contribution >= 0.6 is 23.8 Å². The predicted octanol–water partition coefficient (Wildman–Crippen LogP) is 3.12. The number of hydrogen-bond acceptors (Lipinski definition) is 2. The highest BCUT2D eigenvalue weighted by Crippen LogP contribution is 2.20. The van der Waals surface area contributed by atoms with Gasteiger partial charge in [-0.25, -0.2) is 0 Å². The SMILES string of the molecule is CC(Cn1c(=S)[nH]c2ccc(Cl)cc21)S(C)=O. The first kappa shape index (κ1) is 12.8. The molecule has 1 aromatic carbocycles. The van der Waals surface area contributed by atoms with Crippen LogP contribution in [0.25, 0.3) is 11.0 Å². The minimum absolute atomic E-state index is 0.0553. The first-order valence-corrected chi connectivity index (χ1v) is 7.60. The number of aromatic amines is 1. The van der Waals surface area contributed by atoms with Crippen LogP contribution in [0.2, 0.25) is 5.02 Å². The highest BCUT2D eigenvalue weighted by molar-refractivity contribution is 7.84. The summed E-state index contributed by atoms with van der Waals surface area (Å²) in [5.74, 6) is 0. The van der Waals surface area contributed by atoms with E-state index in [4.69, 9.17) is 23.8 Å². The minimum Gasteiger partial charge on any atom is -0.331 e. The summed E-state index contributed by atoms with van der Waals surface area (Å²) in [7, 11) is -0.865. The van der Waals surface area contributed by atoms with Gasteiger partial charge in [-0.2, -0.15) is 0 Å². The van der Waals surface area contributed by atoms with Crippen molar-refractivity contribution in [2.24, 2.45) is 0 Å². The van der Waals surface area contributed by atoms with Crippen LogP contribution in [0.4, 0.5) is 0 Å². The number of H-pyrrole nitrogens is 1. The maximum Gasteiger partial charge on any atom is 0.178 e. The second-order valence-electron chi connectivity index (χ2n) is 4.01. The van der Waals surface area contributed by atoms with Crippen LogP contribution in [-0.4, -0.2) is 25.3 Å². The molecular weight excluding hydrogens is 276 g/mol. The van der Waals surface area contributed by atoms with E-state index in [-0.39, 0.29) is 5.25 Å². The van der Waals surface area contributed by atoms with E-state index >= 15 is 0 Å². The van der Waals surface area contributed by atoms with E-state index in [9.17, 15) is 4.21 Å². The molecule has 0 aliphatic carbocycles. The van der Waals surface area contributed by atoms with E-state index < -0.39 is 10.8 Å². The van der Waals surface area contributed by atoms with Gasteiger partial charge in [0.05, 0.1) is 11.0 Å². The number of nitrogens with one attached hydrogen (secondary N) is 1. The molecule has 2 unspecified atom stereocenters. The average molecular weight is 289 g/mol. The largest absolute Gasteiger partial charge is 0.331 e. The van der Waals surface area contributed by atoms with Crippen LogP contribution in [0.15, 0.2) is 18.2 Å². The molecule has 6 heteroatoms. The molecule has 0 amide bonds. The van der Waals surface area contributed by atoms with Gasteiger partial charge in [-0.3, -0.25) is 4.21 Å². The van der Waals surface area contributed by atoms with Crippen LogP contribution in [0.3, 0.4) is 0 Å². The molecule has 0 spiro atoms. The summed E-state index contributed by atoms with van der Waals surface area (Å²) in [6.07, 6.45) is 1.70. The summed E-state index contributed by atoms with van der Waals surface area (Å²) in [6, 6.07) is 5.59. The molecule has 0 radical (unpaired) electrons. The van der Waals surface area contributed by atoms with Gasteiger partial charge >= 0.3 is 0 Å². The van der Waals surface area contributed by atoms with Gasteiger partial charge in [-0.1, -0.05) is 11.6 Å². The quantitative estimate of drug-likeness (QED) is 0.881.